The topological polar surface area (TPSA) is 138 Å². The molecule has 2 unspecified atom stereocenters. The van der Waals surface area contributed by atoms with Crippen molar-refractivity contribution in [3.8, 4) is 5.75 Å². The minimum absolute atomic E-state index is 0.0347. The molecular formula is C34H37Cl3N6O6S. The Bertz CT molecular complexity index is 1870. The van der Waals surface area contributed by atoms with E-state index in [4.69, 9.17) is 54.4 Å². The predicted octanol–water partition coefficient (Wildman–Crippen LogP) is 4.83. The van der Waals surface area contributed by atoms with Crippen molar-refractivity contribution in [3.05, 3.63) is 92.4 Å². The molecule has 16 heteroatoms. The number of aliphatic imine (C=N–C) groups is 1. The Morgan fingerprint density at radius 2 is 1.48 bits per heavy atom. The molecule has 3 aliphatic heterocycles. The molecule has 12 nitrogen and oxygen atoms in total. The highest BCUT2D eigenvalue weighted by molar-refractivity contribution is 7.89. The van der Waals surface area contributed by atoms with Gasteiger partial charge >= 0.3 is 6.03 Å². The van der Waals surface area contributed by atoms with Crippen LogP contribution in [-0.2, 0) is 19.6 Å². The summed E-state index contributed by atoms with van der Waals surface area (Å²) in [5.74, 6) is 0.455. The van der Waals surface area contributed by atoms with Gasteiger partial charge in [0.15, 0.2) is 0 Å². The van der Waals surface area contributed by atoms with Crippen molar-refractivity contribution in [1.82, 2.24) is 19.6 Å². The van der Waals surface area contributed by atoms with Crippen LogP contribution < -0.4 is 9.88 Å². The standard InChI is InChI=1S/C34H37Cl3N6O6S/c1-2-49-28-20-27(37)29(50(38,46)47)19-26(28)33-39-31(22-3-7-24(35)8-4-22)32(23-5-9-25(36)10-6-23)43(33)34(45)42-13-11-40(12-14-42)21-30(44)41-15-17-48-18-16-41/h3-10,19-20,31-32H,2,11-18,21H2,1H3,(H2,38,46,47). The van der Waals surface area contributed by atoms with Gasteiger partial charge in [0.25, 0.3) is 0 Å². The summed E-state index contributed by atoms with van der Waals surface area (Å²) in [7, 11) is -4.27. The molecule has 3 heterocycles. The molecule has 0 spiro atoms. The molecule has 0 aromatic heterocycles. The number of rotatable bonds is 8. The van der Waals surface area contributed by atoms with Crippen molar-refractivity contribution in [1.29, 1.82) is 0 Å². The highest BCUT2D eigenvalue weighted by Gasteiger charge is 2.45. The van der Waals surface area contributed by atoms with Crippen molar-refractivity contribution in [2.75, 3.05) is 65.6 Å². The second kappa shape index (κ2) is 15.4. The molecule has 2 fully saturated rings. The van der Waals surface area contributed by atoms with Crippen molar-refractivity contribution >= 4 is 62.6 Å². The number of nitrogens with two attached hydrogens (primary N) is 1. The number of sulfonamides is 1. The quantitative estimate of drug-likeness (QED) is 0.347. The number of benzene rings is 3. The predicted molar refractivity (Wildman–Crippen MR) is 192 cm³/mol. The lowest BCUT2D eigenvalue weighted by atomic mass is 9.93. The lowest BCUT2D eigenvalue weighted by molar-refractivity contribution is -0.136. The summed E-state index contributed by atoms with van der Waals surface area (Å²) in [6.45, 7) is 6.10. The molecule has 6 rings (SSSR count). The van der Waals surface area contributed by atoms with Gasteiger partial charge in [0, 0.05) is 55.4 Å². The zero-order valence-corrected chi connectivity index (χ0v) is 30.4. The van der Waals surface area contributed by atoms with E-state index in [0.717, 1.165) is 11.1 Å². The van der Waals surface area contributed by atoms with Crippen LogP contribution in [0.4, 0.5) is 4.79 Å². The molecule has 50 heavy (non-hydrogen) atoms. The van der Waals surface area contributed by atoms with E-state index in [2.05, 4.69) is 0 Å². The third-order valence-corrected chi connectivity index (χ3v) is 10.8. The van der Waals surface area contributed by atoms with Crippen LogP contribution >= 0.6 is 34.8 Å². The summed E-state index contributed by atoms with van der Waals surface area (Å²) in [4.78, 5) is 39.8. The minimum Gasteiger partial charge on any atom is -0.493 e. The Balaban J connectivity index is 1.41. The molecule has 3 amide bonds. The van der Waals surface area contributed by atoms with Crippen LogP contribution in [0.25, 0.3) is 0 Å². The summed E-state index contributed by atoms with van der Waals surface area (Å²) >= 11 is 19.0. The van der Waals surface area contributed by atoms with Crippen molar-refractivity contribution in [3.63, 3.8) is 0 Å². The van der Waals surface area contributed by atoms with Crippen LogP contribution in [-0.4, -0.2) is 111 Å². The zero-order valence-electron chi connectivity index (χ0n) is 27.3. The van der Waals surface area contributed by atoms with E-state index in [-0.39, 0.29) is 52.2 Å². The van der Waals surface area contributed by atoms with Crippen LogP contribution in [0.15, 0.2) is 70.6 Å². The fourth-order valence-electron chi connectivity index (χ4n) is 6.41. The van der Waals surface area contributed by atoms with Gasteiger partial charge in [-0.1, -0.05) is 59.1 Å². The number of hydrogen-bond donors (Lipinski definition) is 1. The second-order valence-corrected chi connectivity index (χ2v) is 14.9. The van der Waals surface area contributed by atoms with Gasteiger partial charge < -0.3 is 19.3 Å². The number of carbonyl (C=O) groups excluding carboxylic acids is 2. The Labute approximate surface area is 306 Å². The van der Waals surface area contributed by atoms with Crippen LogP contribution in [0.2, 0.25) is 15.1 Å². The lowest BCUT2D eigenvalue weighted by Crippen LogP contribution is -2.56. The second-order valence-electron chi connectivity index (χ2n) is 12.1. The first kappa shape index (κ1) is 36.4. The number of amides is 3. The number of piperazine rings is 1. The Morgan fingerprint density at radius 3 is 2.06 bits per heavy atom. The largest absolute Gasteiger partial charge is 0.493 e. The normalized spacial score (nSPS) is 20.2. The van der Waals surface area contributed by atoms with E-state index >= 15 is 0 Å². The summed E-state index contributed by atoms with van der Waals surface area (Å²) in [5, 5.41) is 6.51. The van der Waals surface area contributed by atoms with Gasteiger partial charge in [0.1, 0.15) is 22.5 Å². The highest BCUT2D eigenvalue weighted by atomic mass is 35.5. The fourth-order valence-corrected chi connectivity index (χ4v) is 7.75. The first-order valence-corrected chi connectivity index (χ1v) is 18.9. The molecule has 0 aliphatic carbocycles. The fraction of sp³-hybridized carbons (Fsp3) is 0.382. The molecule has 3 aromatic rings. The van der Waals surface area contributed by atoms with E-state index in [9.17, 15) is 18.0 Å². The molecule has 2 saturated heterocycles. The number of halogens is 3. The molecule has 2 N–H and O–H groups in total. The number of hydrogen-bond acceptors (Lipinski definition) is 8. The van der Waals surface area contributed by atoms with Crippen LogP contribution in [0.5, 0.6) is 5.75 Å². The number of ether oxygens (including phenoxy) is 2. The van der Waals surface area contributed by atoms with Crippen LogP contribution in [0.3, 0.4) is 0 Å². The van der Waals surface area contributed by atoms with Crippen LogP contribution in [0.1, 0.15) is 35.7 Å². The Kier molecular flexibility index (Phi) is 11.2. The maximum atomic E-state index is 14.9. The number of primary sulfonamides is 1. The molecule has 266 valence electrons. The van der Waals surface area contributed by atoms with Gasteiger partial charge in [-0.2, -0.15) is 0 Å². The molecule has 0 bridgehead atoms. The Morgan fingerprint density at radius 1 is 0.880 bits per heavy atom. The zero-order chi connectivity index (χ0) is 35.6. The first-order valence-electron chi connectivity index (χ1n) is 16.2. The molecule has 2 atom stereocenters. The monoisotopic (exact) mass is 762 g/mol. The van der Waals surface area contributed by atoms with Crippen molar-refractivity contribution in [2.24, 2.45) is 10.1 Å². The number of amidine groups is 1. The maximum Gasteiger partial charge on any atom is 0.326 e. The van der Waals surface area contributed by atoms with Crippen molar-refractivity contribution < 1.29 is 27.5 Å². The smallest absolute Gasteiger partial charge is 0.326 e. The summed E-state index contributed by atoms with van der Waals surface area (Å²) in [6.07, 6.45) is 0. The van der Waals surface area contributed by atoms with Gasteiger partial charge in [0.05, 0.1) is 43.0 Å². The molecule has 0 radical (unpaired) electrons. The van der Waals surface area contributed by atoms with Crippen LogP contribution in [0, 0.1) is 0 Å². The van der Waals surface area contributed by atoms with E-state index in [1.165, 1.54) is 12.1 Å². The molecule has 0 saturated carbocycles. The summed E-state index contributed by atoms with van der Waals surface area (Å²) in [5.41, 5.74) is 1.75. The van der Waals surface area contributed by atoms with E-state index in [0.29, 0.717) is 62.5 Å². The maximum absolute atomic E-state index is 14.9. The van der Waals surface area contributed by atoms with Gasteiger partial charge in [-0.25, -0.2) is 18.4 Å². The summed E-state index contributed by atoms with van der Waals surface area (Å²) < 4.78 is 36.6. The number of carbonyl (C=O) groups is 2. The molecule has 3 aromatic carbocycles. The van der Waals surface area contributed by atoms with Gasteiger partial charge in [-0.15, -0.1) is 0 Å². The number of morpholine rings is 1. The SMILES string of the molecule is CCOc1cc(Cl)c(S(N)(=O)=O)cc1C1=NC(c2ccc(Cl)cc2)C(c2ccc(Cl)cc2)N1C(=O)N1CCN(CC(=O)N2CCOCC2)CC1. The number of urea groups is 1. The molecular weight excluding hydrogens is 727 g/mol. The third-order valence-electron chi connectivity index (χ3n) is 8.94. The Hall–Kier alpha value is -3.43. The van der Waals surface area contributed by atoms with Gasteiger partial charge in [0.2, 0.25) is 15.9 Å². The highest BCUT2D eigenvalue weighted by Crippen LogP contribution is 2.46. The van der Waals surface area contributed by atoms with Gasteiger partial charge in [-0.3, -0.25) is 19.6 Å². The van der Waals surface area contributed by atoms with E-state index in [1.807, 2.05) is 29.2 Å². The molecule has 3 aliphatic rings. The number of nitrogens with zero attached hydrogens (tertiary/aromatic N) is 5. The van der Waals surface area contributed by atoms with Gasteiger partial charge in [-0.05, 0) is 48.4 Å². The average molecular weight is 764 g/mol. The first-order chi connectivity index (χ1) is 23.9. The lowest BCUT2D eigenvalue weighted by Gasteiger charge is -2.39. The van der Waals surface area contributed by atoms with Crippen molar-refractivity contribution in [2.45, 2.75) is 23.9 Å². The van der Waals surface area contributed by atoms with E-state index < -0.39 is 22.1 Å². The van der Waals surface area contributed by atoms with E-state index in [1.54, 1.807) is 45.9 Å². The average Bonchev–Trinajstić information content (AvgIpc) is 3.49. The third kappa shape index (κ3) is 7.89. The summed E-state index contributed by atoms with van der Waals surface area (Å²) in [6, 6.07) is 15.4. The minimum atomic E-state index is -4.27.